The molecule has 0 aromatic heterocycles. The van der Waals surface area contributed by atoms with Gasteiger partial charge in [0.15, 0.2) is 11.5 Å². The van der Waals surface area contributed by atoms with Gasteiger partial charge in [0.2, 0.25) is 0 Å². The lowest BCUT2D eigenvalue weighted by molar-refractivity contribution is 0.00578. The van der Waals surface area contributed by atoms with Crippen molar-refractivity contribution in [2.75, 3.05) is 5.32 Å². The zero-order valence-corrected chi connectivity index (χ0v) is 23.9. The van der Waals surface area contributed by atoms with Crippen molar-refractivity contribution in [2.45, 2.75) is 78.5 Å². The van der Waals surface area contributed by atoms with E-state index in [0.29, 0.717) is 35.9 Å². The first-order chi connectivity index (χ1) is 18.3. The van der Waals surface area contributed by atoms with Crippen LogP contribution in [-0.2, 0) is 27.3 Å². The number of nitrogens with one attached hydrogen (secondary N) is 1. The first-order valence-electron chi connectivity index (χ1n) is 13.2. The maximum Gasteiger partial charge on any atom is 0.497 e. The SMILES string of the molecule is CC(C)(C)OC(=O)Nc1cc(OCc2ccccc2)c(OCc2ccccc2)cc1B1OC(C)(C)C(C)(C)O1. The molecular formula is C31H38BNO6. The fourth-order valence-corrected chi connectivity index (χ4v) is 3.96. The van der Waals surface area contributed by atoms with Crippen LogP contribution in [-0.4, -0.2) is 30.0 Å². The van der Waals surface area contributed by atoms with E-state index in [1.165, 1.54) is 0 Å². The number of benzene rings is 3. The molecule has 1 N–H and O–H groups in total. The van der Waals surface area contributed by atoms with Crippen LogP contribution in [0.15, 0.2) is 72.8 Å². The number of ether oxygens (including phenoxy) is 3. The van der Waals surface area contributed by atoms with Crippen LogP contribution in [0.25, 0.3) is 0 Å². The molecule has 0 bridgehead atoms. The van der Waals surface area contributed by atoms with Crippen LogP contribution in [0.3, 0.4) is 0 Å². The number of rotatable bonds is 8. The first kappa shape index (κ1) is 28.5. The maximum atomic E-state index is 12.8. The highest BCUT2D eigenvalue weighted by Crippen LogP contribution is 2.39. The Bertz CT molecular complexity index is 1260. The molecule has 8 heteroatoms. The van der Waals surface area contributed by atoms with Crippen molar-refractivity contribution < 1.29 is 28.3 Å². The van der Waals surface area contributed by atoms with Gasteiger partial charge in [-0.25, -0.2) is 4.79 Å². The predicted molar refractivity (Wildman–Crippen MR) is 154 cm³/mol. The van der Waals surface area contributed by atoms with Crippen LogP contribution >= 0.6 is 0 Å². The normalized spacial score (nSPS) is 16.0. The predicted octanol–water partition coefficient (Wildman–Crippen LogP) is 6.49. The van der Waals surface area contributed by atoms with Gasteiger partial charge >= 0.3 is 13.2 Å². The molecule has 3 aromatic carbocycles. The van der Waals surface area contributed by atoms with E-state index in [1.807, 2.05) is 115 Å². The summed E-state index contributed by atoms with van der Waals surface area (Å²) in [7, 11) is -0.748. The molecule has 1 saturated heterocycles. The summed E-state index contributed by atoms with van der Waals surface area (Å²) >= 11 is 0. The van der Waals surface area contributed by atoms with E-state index >= 15 is 0 Å². The minimum Gasteiger partial charge on any atom is -0.485 e. The van der Waals surface area contributed by atoms with Gasteiger partial charge in [-0.15, -0.1) is 0 Å². The van der Waals surface area contributed by atoms with Gasteiger partial charge in [0.1, 0.15) is 18.8 Å². The number of amides is 1. The molecule has 1 aliphatic rings. The zero-order valence-electron chi connectivity index (χ0n) is 23.9. The lowest BCUT2D eigenvalue weighted by Crippen LogP contribution is -2.41. The monoisotopic (exact) mass is 531 g/mol. The number of hydrogen-bond donors (Lipinski definition) is 1. The third-order valence-electron chi connectivity index (χ3n) is 6.73. The quantitative estimate of drug-likeness (QED) is 0.335. The highest BCUT2D eigenvalue weighted by atomic mass is 16.7. The van der Waals surface area contributed by atoms with E-state index in [1.54, 1.807) is 6.07 Å². The molecule has 0 unspecified atom stereocenters. The van der Waals surface area contributed by atoms with Crippen LogP contribution in [0.1, 0.15) is 59.6 Å². The van der Waals surface area contributed by atoms with Crippen LogP contribution in [0.4, 0.5) is 10.5 Å². The molecule has 0 radical (unpaired) electrons. The highest BCUT2D eigenvalue weighted by Gasteiger charge is 2.52. The molecule has 1 amide bonds. The summed E-state index contributed by atoms with van der Waals surface area (Å²) in [4.78, 5) is 12.8. The van der Waals surface area contributed by atoms with E-state index in [2.05, 4.69) is 5.32 Å². The molecular weight excluding hydrogens is 493 g/mol. The fraction of sp³-hybridized carbons (Fsp3) is 0.387. The Hall–Kier alpha value is -3.49. The minimum absolute atomic E-state index is 0.324. The van der Waals surface area contributed by atoms with Gasteiger partial charge < -0.3 is 23.5 Å². The molecule has 0 spiro atoms. The van der Waals surface area contributed by atoms with E-state index in [-0.39, 0.29) is 0 Å². The molecule has 7 nitrogen and oxygen atoms in total. The summed E-state index contributed by atoms with van der Waals surface area (Å²) in [6.07, 6.45) is -0.591. The van der Waals surface area contributed by atoms with Crippen molar-refractivity contribution in [3.8, 4) is 11.5 Å². The summed E-state index contributed by atoms with van der Waals surface area (Å²) < 4.78 is 30.8. The fourth-order valence-electron chi connectivity index (χ4n) is 3.96. The zero-order chi connectivity index (χ0) is 28.3. The number of carbonyl (C=O) groups excluding carboxylic acids is 1. The Morgan fingerprint density at radius 2 is 1.26 bits per heavy atom. The maximum absolute atomic E-state index is 12.8. The Balaban J connectivity index is 1.73. The summed E-state index contributed by atoms with van der Waals surface area (Å²) in [5, 5.41) is 2.88. The largest absolute Gasteiger partial charge is 0.497 e. The van der Waals surface area contributed by atoms with Crippen molar-refractivity contribution in [3.05, 3.63) is 83.9 Å². The van der Waals surface area contributed by atoms with E-state index < -0.39 is 30.0 Å². The van der Waals surface area contributed by atoms with Crippen molar-refractivity contribution in [1.82, 2.24) is 0 Å². The third-order valence-corrected chi connectivity index (χ3v) is 6.73. The van der Waals surface area contributed by atoms with Crippen molar-refractivity contribution in [2.24, 2.45) is 0 Å². The van der Waals surface area contributed by atoms with E-state index in [4.69, 9.17) is 23.5 Å². The van der Waals surface area contributed by atoms with Crippen molar-refractivity contribution in [3.63, 3.8) is 0 Å². The molecule has 206 valence electrons. The second-order valence-corrected chi connectivity index (χ2v) is 11.6. The Morgan fingerprint density at radius 1 is 0.795 bits per heavy atom. The Kier molecular flexibility index (Phi) is 8.28. The average molecular weight is 531 g/mol. The van der Waals surface area contributed by atoms with Gasteiger partial charge in [-0.3, -0.25) is 5.32 Å². The third kappa shape index (κ3) is 7.34. The van der Waals surface area contributed by atoms with Gasteiger partial charge in [-0.2, -0.15) is 0 Å². The number of anilines is 1. The summed E-state index contributed by atoms with van der Waals surface area (Å²) in [6.45, 7) is 14.0. The molecule has 4 rings (SSSR count). The van der Waals surface area contributed by atoms with Gasteiger partial charge in [0.25, 0.3) is 0 Å². The molecule has 1 fully saturated rings. The van der Waals surface area contributed by atoms with Gasteiger partial charge in [-0.05, 0) is 65.7 Å². The van der Waals surface area contributed by atoms with Crippen molar-refractivity contribution >= 4 is 24.4 Å². The number of hydrogen-bond acceptors (Lipinski definition) is 6. The lowest BCUT2D eigenvalue weighted by atomic mass is 9.77. The van der Waals surface area contributed by atoms with Gasteiger partial charge in [-0.1, -0.05) is 60.7 Å². The van der Waals surface area contributed by atoms with Gasteiger partial charge in [0.05, 0.1) is 11.2 Å². The second kappa shape index (κ2) is 11.3. The molecule has 39 heavy (non-hydrogen) atoms. The molecule has 1 heterocycles. The van der Waals surface area contributed by atoms with Crippen LogP contribution in [0, 0.1) is 0 Å². The topological polar surface area (TPSA) is 75.3 Å². The van der Waals surface area contributed by atoms with Crippen LogP contribution in [0.2, 0.25) is 0 Å². The Labute approximate surface area is 231 Å². The van der Waals surface area contributed by atoms with Crippen LogP contribution < -0.4 is 20.3 Å². The highest BCUT2D eigenvalue weighted by molar-refractivity contribution is 6.64. The summed E-state index contributed by atoms with van der Waals surface area (Å²) in [5.74, 6) is 0.982. The summed E-state index contributed by atoms with van der Waals surface area (Å²) in [5.41, 5.74) is 1.26. The Morgan fingerprint density at radius 3 is 1.72 bits per heavy atom. The van der Waals surface area contributed by atoms with Crippen LogP contribution in [0.5, 0.6) is 11.5 Å². The smallest absolute Gasteiger partial charge is 0.485 e. The van der Waals surface area contributed by atoms with E-state index in [9.17, 15) is 4.79 Å². The van der Waals surface area contributed by atoms with E-state index in [0.717, 1.165) is 11.1 Å². The molecule has 3 aromatic rings. The molecule has 0 atom stereocenters. The molecule has 0 saturated carbocycles. The van der Waals surface area contributed by atoms with Gasteiger partial charge in [0, 0.05) is 17.2 Å². The lowest BCUT2D eigenvalue weighted by Gasteiger charge is -2.32. The molecule has 0 aliphatic carbocycles. The first-order valence-corrected chi connectivity index (χ1v) is 13.2. The standard InChI is InChI=1S/C31H38BNO6/c1-29(2,3)37-28(34)33-25-19-27(36-21-23-16-12-9-13-17-23)26(35-20-22-14-10-8-11-15-22)18-24(25)32-38-30(4,5)31(6,7)39-32/h8-19H,20-21H2,1-7H3,(H,33,34). The van der Waals surface area contributed by atoms with Crippen molar-refractivity contribution in [1.29, 1.82) is 0 Å². The number of carbonyl (C=O) groups is 1. The summed E-state index contributed by atoms with van der Waals surface area (Å²) in [6, 6.07) is 23.3. The minimum atomic E-state index is -0.748. The average Bonchev–Trinajstić information content (AvgIpc) is 3.08. The second-order valence-electron chi connectivity index (χ2n) is 11.6. The molecule has 1 aliphatic heterocycles.